The monoisotopic (exact) mass is 261 g/mol. The van der Waals surface area contributed by atoms with E-state index in [1.807, 2.05) is 12.4 Å². The van der Waals surface area contributed by atoms with E-state index in [-0.39, 0.29) is 0 Å². The zero-order valence-corrected chi connectivity index (χ0v) is 12.3. The lowest BCUT2D eigenvalue weighted by Crippen LogP contribution is -2.39. The fourth-order valence-electron chi connectivity index (χ4n) is 3.17. The third-order valence-corrected chi connectivity index (χ3v) is 4.22. The van der Waals surface area contributed by atoms with Crippen molar-refractivity contribution < 1.29 is 0 Å². The van der Waals surface area contributed by atoms with Crippen molar-refractivity contribution in [2.75, 3.05) is 19.6 Å². The Balaban J connectivity index is 1.88. The van der Waals surface area contributed by atoms with Crippen LogP contribution in [-0.2, 0) is 6.54 Å². The first-order chi connectivity index (χ1) is 9.33. The highest BCUT2D eigenvalue weighted by Crippen LogP contribution is 2.26. The minimum Gasteiger partial charge on any atom is -0.314 e. The van der Waals surface area contributed by atoms with Gasteiger partial charge in [0.1, 0.15) is 0 Å². The zero-order valence-electron chi connectivity index (χ0n) is 12.3. The molecule has 1 N–H and O–H groups in total. The molecular weight excluding hydrogens is 234 g/mol. The van der Waals surface area contributed by atoms with Gasteiger partial charge in [-0.1, -0.05) is 20.3 Å². The molecule has 0 spiro atoms. The summed E-state index contributed by atoms with van der Waals surface area (Å²) in [7, 11) is 0. The molecule has 1 aliphatic rings. The van der Waals surface area contributed by atoms with E-state index in [0.29, 0.717) is 0 Å². The number of pyridine rings is 1. The SMILES string of the molecule is CCNC1CCCC1CN(CC)Cc1ccncc1. The molecule has 1 aromatic rings. The Kier molecular flexibility index (Phi) is 5.80. The predicted octanol–water partition coefficient (Wildman–Crippen LogP) is 2.68. The summed E-state index contributed by atoms with van der Waals surface area (Å²) in [5, 5.41) is 3.65. The minimum atomic E-state index is 0.733. The van der Waals surface area contributed by atoms with Crippen LogP contribution in [0.2, 0.25) is 0 Å². The van der Waals surface area contributed by atoms with E-state index in [9.17, 15) is 0 Å². The maximum absolute atomic E-state index is 4.09. The average Bonchev–Trinajstić information content (AvgIpc) is 2.87. The predicted molar refractivity (Wildman–Crippen MR) is 80.0 cm³/mol. The van der Waals surface area contributed by atoms with Crippen LogP contribution < -0.4 is 5.32 Å². The maximum Gasteiger partial charge on any atom is 0.0271 e. The van der Waals surface area contributed by atoms with Gasteiger partial charge in [-0.25, -0.2) is 0 Å². The third kappa shape index (κ3) is 4.29. The maximum atomic E-state index is 4.09. The quantitative estimate of drug-likeness (QED) is 0.818. The number of hydrogen-bond donors (Lipinski definition) is 1. The van der Waals surface area contributed by atoms with Crippen LogP contribution in [-0.4, -0.2) is 35.6 Å². The first-order valence-corrected chi connectivity index (χ1v) is 7.68. The first kappa shape index (κ1) is 14.5. The molecule has 1 aromatic heterocycles. The van der Waals surface area contributed by atoms with Crippen molar-refractivity contribution in [1.82, 2.24) is 15.2 Å². The van der Waals surface area contributed by atoms with Crippen molar-refractivity contribution in [1.29, 1.82) is 0 Å². The lowest BCUT2D eigenvalue weighted by atomic mass is 10.0. The van der Waals surface area contributed by atoms with Crippen LogP contribution in [0.15, 0.2) is 24.5 Å². The van der Waals surface area contributed by atoms with E-state index in [1.54, 1.807) is 0 Å². The molecule has 106 valence electrons. The van der Waals surface area contributed by atoms with E-state index >= 15 is 0 Å². The van der Waals surface area contributed by atoms with Crippen molar-refractivity contribution in [3.05, 3.63) is 30.1 Å². The standard InChI is InChI=1S/C16H27N3/c1-3-18-16-7-5-6-15(16)13-19(4-2)12-14-8-10-17-11-9-14/h8-11,15-16,18H,3-7,12-13H2,1-2H3. The van der Waals surface area contributed by atoms with E-state index in [0.717, 1.165) is 31.6 Å². The van der Waals surface area contributed by atoms with Gasteiger partial charge in [0.15, 0.2) is 0 Å². The van der Waals surface area contributed by atoms with E-state index in [2.05, 4.69) is 41.2 Å². The van der Waals surface area contributed by atoms with Crippen molar-refractivity contribution >= 4 is 0 Å². The summed E-state index contributed by atoms with van der Waals surface area (Å²) in [6.45, 7) is 8.96. The first-order valence-electron chi connectivity index (χ1n) is 7.68. The number of nitrogens with zero attached hydrogens (tertiary/aromatic N) is 2. The number of aromatic nitrogens is 1. The Morgan fingerprint density at radius 2 is 2.05 bits per heavy atom. The highest BCUT2D eigenvalue weighted by molar-refractivity contribution is 5.09. The van der Waals surface area contributed by atoms with Gasteiger partial charge < -0.3 is 5.32 Å². The summed E-state index contributed by atoms with van der Waals surface area (Å²) in [5.74, 6) is 0.821. The Bertz CT molecular complexity index is 352. The molecule has 1 heterocycles. The normalized spacial score (nSPS) is 23.1. The minimum absolute atomic E-state index is 0.733. The van der Waals surface area contributed by atoms with Gasteiger partial charge in [0, 0.05) is 31.5 Å². The largest absolute Gasteiger partial charge is 0.314 e. The lowest BCUT2D eigenvalue weighted by molar-refractivity contribution is 0.216. The molecule has 3 nitrogen and oxygen atoms in total. The van der Waals surface area contributed by atoms with Crippen LogP contribution in [0.5, 0.6) is 0 Å². The topological polar surface area (TPSA) is 28.2 Å². The van der Waals surface area contributed by atoms with Crippen LogP contribution in [0, 0.1) is 5.92 Å². The van der Waals surface area contributed by atoms with Crippen molar-refractivity contribution in [3.8, 4) is 0 Å². The van der Waals surface area contributed by atoms with Gasteiger partial charge in [0.2, 0.25) is 0 Å². The van der Waals surface area contributed by atoms with Gasteiger partial charge in [-0.2, -0.15) is 0 Å². The third-order valence-electron chi connectivity index (χ3n) is 4.22. The molecule has 19 heavy (non-hydrogen) atoms. The number of hydrogen-bond acceptors (Lipinski definition) is 3. The molecule has 0 radical (unpaired) electrons. The second-order valence-corrected chi connectivity index (χ2v) is 5.54. The van der Waals surface area contributed by atoms with Crippen LogP contribution in [0.3, 0.4) is 0 Å². The summed E-state index contributed by atoms with van der Waals surface area (Å²) in [5.41, 5.74) is 1.37. The van der Waals surface area contributed by atoms with Gasteiger partial charge in [-0.05, 0) is 49.5 Å². The zero-order chi connectivity index (χ0) is 13.5. The molecule has 0 aliphatic heterocycles. The van der Waals surface area contributed by atoms with Gasteiger partial charge in [0.25, 0.3) is 0 Å². The van der Waals surface area contributed by atoms with Crippen LogP contribution in [0.1, 0.15) is 38.7 Å². The molecule has 2 rings (SSSR count). The highest BCUT2D eigenvalue weighted by atomic mass is 15.1. The summed E-state index contributed by atoms with van der Waals surface area (Å²) >= 11 is 0. The fraction of sp³-hybridized carbons (Fsp3) is 0.688. The molecule has 0 amide bonds. The van der Waals surface area contributed by atoms with Gasteiger partial charge in [-0.15, -0.1) is 0 Å². The van der Waals surface area contributed by atoms with Crippen LogP contribution in [0.25, 0.3) is 0 Å². The summed E-state index contributed by atoms with van der Waals surface area (Å²) in [4.78, 5) is 6.65. The molecule has 2 atom stereocenters. The summed E-state index contributed by atoms with van der Waals surface area (Å²) in [6, 6.07) is 4.98. The lowest BCUT2D eigenvalue weighted by Gasteiger charge is -2.28. The van der Waals surface area contributed by atoms with Gasteiger partial charge in [-0.3, -0.25) is 9.88 Å². The summed E-state index contributed by atoms with van der Waals surface area (Å²) < 4.78 is 0. The number of nitrogens with one attached hydrogen (secondary N) is 1. The smallest absolute Gasteiger partial charge is 0.0271 e. The van der Waals surface area contributed by atoms with Crippen LogP contribution >= 0.6 is 0 Å². The highest BCUT2D eigenvalue weighted by Gasteiger charge is 2.27. The van der Waals surface area contributed by atoms with E-state index in [1.165, 1.54) is 31.4 Å². The van der Waals surface area contributed by atoms with Crippen molar-refractivity contribution in [3.63, 3.8) is 0 Å². The van der Waals surface area contributed by atoms with Crippen molar-refractivity contribution in [2.45, 2.75) is 45.7 Å². The fourth-order valence-corrected chi connectivity index (χ4v) is 3.17. The Labute approximate surface area is 117 Å². The van der Waals surface area contributed by atoms with Crippen LogP contribution in [0.4, 0.5) is 0 Å². The molecule has 0 bridgehead atoms. The summed E-state index contributed by atoms with van der Waals surface area (Å²) in [6.07, 6.45) is 7.89. The van der Waals surface area contributed by atoms with E-state index in [4.69, 9.17) is 0 Å². The molecule has 2 unspecified atom stereocenters. The molecular formula is C16H27N3. The van der Waals surface area contributed by atoms with Crippen molar-refractivity contribution in [2.24, 2.45) is 5.92 Å². The molecule has 1 aliphatic carbocycles. The Morgan fingerprint density at radius 3 is 2.74 bits per heavy atom. The molecule has 1 saturated carbocycles. The molecule has 0 aromatic carbocycles. The second-order valence-electron chi connectivity index (χ2n) is 5.54. The van der Waals surface area contributed by atoms with Gasteiger partial charge in [0.05, 0.1) is 0 Å². The Hall–Kier alpha value is -0.930. The second kappa shape index (κ2) is 7.61. The average molecular weight is 261 g/mol. The molecule has 1 fully saturated rings. The molecule has 3 heteroatoms. The molecule has 0 saturated heterocycles. The number of rotatable bonds is 7. The van der Waals surface area contributed by atoms with E-state index < -0.39 is 0 Å². The van der Waals surface area contributed by atoms with Gasteiger partial charge >= 0.3 is 0 Å². The Morgan fingerprint density at radius 1 is 1.26 bits per heavy atom.